The summed E-state index contributed by atoms with van der Waals surface area (Å²) in [6.07, 6.45) is -24.9. The van der Waals surface area contributed by atoms with Gasteiger partial charge in [-0.3, -0.25) is 19.2 Å². The van der Waals surface area contributed by atoms with Gasteiger partial charge in [-0.25, -0.2) is 14.4 Å². The van der Waals surface area contributed by atoms with Crippen molar-refractivity contribution in [2.24, 2.45) is 0 Å². The van der Waals surface area contributed by atoms with E-state index < -0.39 is 147 Å². The van der Waals surface area contributed by atoms with Crippen LogP contribution >= 0.6 is 0 Å². The van der Waals surface area contributed by atoms with Gasteiger partial charge in [-0.05, 0) is 58.7 Å². The molecule has 98 heavy (non-hydrogen) atoms. The maximum absolute atomic E-state index is 15.2. The van der Waals surface area contributed by atoms with Crippen molar-refractivity contribution in [3.63, 3.8) is 0 Å². The molecule has 0 bridgehead atoms. The standard InChI is InChI=1S/C75H76O23/c1-47(76)84-45-59-62(89-48(2)77)65(90-49(3)78)68(91-50(4)79)74(93-59)97-66-63(95-71(81)56-36-22-10-23-37-56)60(46-87-70(80)55-34-20-9-21-35-55)94-75(69(66)96-72(82)57-38-24-11-25-39-57)98-67-64(86-42-53-30-16-7-17-31-53)61(85-41-52-28-14-6-15-29-52)58(44-83-40-51-26-12-5-13-27-51)92-73(67)88-43-54-32-18-8-19-33-54/h5-39,58-69,73-75H,40-46H2,1-4H3/t58?,59?,60?,61-,62-,63-,64+,65-,66+,67?,68?,69?,73+,74-,75-/m1/s1. The molecule has 23 nitrogen and oxygen atoms in total. The molecule has 7 aromatic carbocycles. The summed E-state index contributed by atoms with van der Waals surface area (Å²) in [7, 11) is 0. The molecule has 3 aliphatic rings. The molecule has 514 valence electrons. The van der Waals surface area contributed by atoms with E-state index in [0.29, 0.717) is 0 Å². The Hall–Kier alpha value is -9.53. The molecule has 0 spiro atoms. The number of hydrogen-bond acceptors (Lipinski definition) is 23. The predicted molar refractivity (Wildman–Crippen MR) is 344 cm³/mol. The molecule has 0 N–H and O–H groups in total. The maximum Gasteiger partial charge on any atom is 0.338 e. The summed E-state index contributed by atoms with van der Waals surface area (Å²) in [4.78, 5) is 96.5. The number of hydrogen-bond donors (Lipinski definition) is 0. The van der Waals surface area contributed by atoms with Crippen molar-refractivity contribution >= 4 is 41.8 Å². The van der Waals surface area contributed by atoms with Crippen molar-refractivity contribution in [2.75, 3.05) is 19.8 Å². The highest BCUT2D eigenvalue weighted by Crippen LogP contribution is 2.40. The van der Waals surface area contributed by atoms with E-state index in [1.54, 1.807) is 54.6 Å². The van der Waals surface area contributed by atoms with E-state index in [9.17, 15) is 28.8 Å². The van der Waals surface area contributed by atoms with E-state index in [4.69, 9.17) is 75.8 Å². The molecule has 3 heterocycles. The third-order valence-electron chi connectivity index (χ3n) is 15.8. The average Bonchev–Trinajstić information content (AvgIpc) is 0.761. The molecule has 10 rings (SSSR count). The molecular weight excluding hydrogens is 1270 g/mol. The molecule has 23 heteroatoms. The first kappa shape index (κ1) is 71.2. The van der Waals surface area contributed by atoms with Crippen LogP contribution in [0.5, 0.6) is 0 Å². The van der Waals surface area contributed by atoms with E-state index >= 15 is 4.79 Å². The van der Waals surface area contributed by atoms with Gasteiger partial charge in [0, 0.05) is 27.7 Å². The minimum absolute atomic E-state index is 0.00379. The zero-order chi connectivity index (χ0) is 68.8. The molecule has 0 amide bonds. The highest BCUT2D eigenvalue weighted by molar-refractivity contribution is 5.90. The lowest BCUT2D eigenvalue weighted by atomic mass is 9.95. The normalized spacial score (nSPS) is 25.1. The van der Waals surface area contributed by atoms with Crippen LogP contribution in [-0.4, -0.2) is 154 Å². The Balaban J connectivity index is 1.16. The molecule has 3 aliphatic heterocycles. The summed E-state index contributed by atoms with van der Waals surface area (Å²) in [6.45, 7) is 2.79. The van der Waals surface area contributed by atoms with Gasteiger partial charge in [0.25, 0.3) is 0 Å². The summed E-state index contributed by atoms with van der Waals surface area (Å²) in [5.74, 6) is -6.53. The number of carbonyl (C=O) groups is 7. The molecule has 0 aromatic heterocycles. The van der Waals surface area contributed by atoms with Crippen molar-refractivity contribution in [1.29, 1.82) is 0 Å². The van der Waals surface area contributed by atoms with Gasteiger partial charge < -0.3 is 75.8 Å². The van der Waals surface area contributed by atoms with Gasteiger partial charge in [0.2, 0.25) is 0 Å². The van der Waals surface area contributed by atoms with Gasteiger partial charge in [-0.1, -0.05) is 176 Å². The van der Waals surface area contributed by atoms with Crippen LogP contribution in [-0.2, 0) is 121 Å². The van der Waals surface area contributed by atoms with Crippen LogP contribution in [0.4, 0.5) is 0 Å². The van der Waals surface area contributed by atoms with Crippen molar-refractivity contribution in [2.45, 2.75) is 146 Å². The second-order valence-corrected chi connectivity index (χ2v) is 23.1. The summed E-state index contributed by atoms with van der Waals surface area (Å²) in [6, 6.07) is 61.0. The second kappa shape index (κ2) is 35.6. The van der Waals surface area contributed by atoms with Gasteiger partial charge in [0.1, 0.15) is 55.9 Å². The Bertz CT molecular complexity index is 3670. The Morgan fingerprint density at radius 3 is 1.08 bits per heavy atom. The lowest BCUT2D eigenvalue weighted by Crippen LogP contribution is -2.69. The van der Waals surface area contributed by atoms with Crippen LogP contribution in [0, 0.1) is 0 Å². The number of carbonyl (C=O) groups excluding carboxylic acids is 7. The van der Waals surface area contributed by atoms with Crippen LogP contribution < -0.4 is 0 Å². The van der Waals surface area contributed by atoms with Gasteiger partial charge in [0.05, 0.1) is 49.7 Å². The fourth-order valence-corrected chi connectivity index (χ4v) is 11.3. The molecular formula is C75H76O23. The topological polar surface area (TPSA) is 267 Å². The highest BCUT2D eigenvalue weighted by atomic mass is 16.8. The first-order valence-corrected chi connectivity index (χ1v) is 31.9. The largest absolute Gasteiger partial charge is 0.463 e. The van der Waals surface area contributed by atoms with Gasteiger partial charge in [-0.15, -0.1) is 0 Å². The van der Waals surface area contributed by atoms with Gasteiger partial charge in [0.15, 0.2) is 49.4 Å². The van der Waals surface area contributed by atoms with Crippen molar-refractivity contribution < 1.29 is 109 Å². The maximum atomic E-state index is 15.2. The summed E-state index contributed by atoms with van der Waals surface area (Å²) in [5, 5.41) is 0. The predicted octanol–water partition coefficient (Wildman–Crippen LogP) is 9.20. The molecule has 7 aromatic rings. The average molecular weight is 1350 g/mol. The van der Waals surface area contributed by atoms with Crippen molar-refractivity contribution in [3.05, 3.63) is 251 Å². The fraction of sp³-hybridized carbons (Fsp3) is 0.347. The van der Waals surface area contributed by atoms with Crippen molar-refractivity contribution in [1.82, 2.24) is 0 Å². The SMILES string of the molecule is CC(=O)OCC1O[C@H](O[C@@H]2C(OC(=O)c3ccccc3)[C@@H](OC3[C@@H](OCc4ccccc4)OC(COCc4ccccc4)[C@@H](OCc4ccccc4)[C@@H]3OCc3ccccc3)OC(COC(=O)c3ccccc3)[C@H]2OC(=O)c2ccccc2)C(OC(C)=O)[C@H](OC(C)=O)[C@@H]1OC(C)=O. The van der Waals surface area contributed by atoms with E-state index in [1.807, 2.05) is 121 Å². The van der Waals surface area contributed by atoms with Crippen molar-refractivity contribution in [3.8, 4) is 0 Å². The third kappa shape index (κ3) is 20.1. The first-order valence-electron chi connectivity index (χ1n) is 31.9. The van der Waals surface area contributed by atoms with Crippen LogP contribution in [0.25, 0.3) is 0 Å². The minimum atomic E-state index is -2.06. The number of rotatable bonds is 29. The Morgan fingerprint density at radius 2 is 0.622 bits per heavy atom. The summed E-state index contributed by atoms with van der Waals surface area (Å²) >= 11 is 0. The highest BCUT2D eigenvalue weighted by Gasteiger charge is 2.60. The van der Waals surface area contributed by atoms with Gasteiger partial charge >= 0.3 is 41.8 Å². The van der Waals surface area contributed by atoms with Crippen LogP contribution in [0.1, 0.15) is 81.0 Å². The number of esters is 7. The summed E-state index contributed by atoms with van der Waals surface area (Å²) < 4.78 is 105. The lowest BCUT2D eigenvalue weighted by Gasteiger charge is -2.51. The third-order valence-corrected chi connectivity index (χ3v) is 15.8. The molecule has 0 aliphatic carbocycles. The van der Waals surface area contributed by atoms with E-state index in [-0.39, 0.29) is 49.7 Å². The van der Waals surface area contributed by atoms with E-state index in [0.717, 1.165) is 49.9 Å². The van der Waals surface area contributed by atoms with Crippen LogP contribution in [0.2, 0.25) is 0 Å². The zero-order valence-corrected chi connectivity index (χ0v) is 54.2. The van der Waals surface area contributed by atoms with Crippen LogP contribution in [0.3, 0.4) is 0 Å². The quantitative estimate of drug-likeness (QED) is 0.0312. The Morgan fingerprint density at radius 1 is 0.286 bits per heavy atom. The van der Waals surface area contributed by atoms with E-state index in [2.05, 4.69) is 0 Å². The summed E-state index contributed by atoms with van der Waals surface area (Å²) in [5.41, 5.74) is 3.25. The molecule has 0 saturated carbocycles. The number of ether oxygens (including phenoxy) is 16. The smallest absolute Gasteiger partial charge is 0.338 e. The minimum Gasteiger partial charge on any atom is -0.463 e. The second-order valence-electron chi connectivity index (χ2n) is 23.1. The number of benzene rings is 7. The van der Waals surface area contributed by atoms with Gasteiger partial charge in [-0.2, -0.15) is 0 Å². The zero-order valence-electron chi connectivity index (χ0n) is 54.2. The lowest BCUT2D eigenvalue weighted by molar-refractivity contribution is -0.389. The van der Waals surface area contributed by atoms with E-state index in [1.165, 1.54) is 36.4 Å². The Labute approximate surface area is 566 Å². The Kier molecular flexibility index (Phi) is 25.9. The molecule has 3 saturated heterocycles. The first-order chi connectivity index (χ1) is 47.6. The molecule has 3 fully saturated rings. The molecule has 15 atom stereocenters. The monoisotopic (exact) mass is 1340 g/mol. The fourth-order valence-electron chi connectivity index (χ4n) is 11.3. The molecule has 6 unspecified atom stereocenters. The molecule has 0 radical (unpaired) electrons. The van der Waals surface area contributed by atoms with Crippen LogP contribution in [0.15, 0.2) is 212 Å².